The molecule has 2 aromatic heterocycles. The standard InChI is InChI=1S/C14H19N5/c1-9(2)19-13(7-10-3-4-10)11(8-17-19)12-5-6-16-14(15)18-12/h5-6,8-10H,3-4,7H2,1-2H3,(H2,15,16,18). The van der Waals surface area contributed by atoms with Crippen molar-refractivity contribution < 1.29 is 0 Å². The van der Waals surface area contributed by atoms with Gasteiger partial charge in [-0.1, -0.05) is 0 Å². The lowest BCUT2D eigenvalue weighted by Gasteiger charge is -2.12. The van der Waals surface area contributed by atoms with Crippen molar-refractivity contribution in [2.24, 2.45) is 5.92 Å². The largest absolute Gasteiger partial charge is 0.368 e. The van der Waals surface area contributed by atoms with Gasteiger partial charge in [-0.3, -0.25) is 4.68 Å². The number of hydrogen-bond donors (Lipinski definition) is 1. The molecule has 0 bridgehead atoms. The molecule has 5 heteroatoms. The molecule has 0 aliphatic heterocycles. The quantitative estimate of drug-likeness (QED) is 0.913. The molecule has 0 saturated heterocycles. The lowest BCUT2D eigenvalue weighted by molar-refractivity contribution is 0.503. The second kappa shape index (κ2) is 4.64. The summed E-state index contributed by atoms with van der Waals surface area (Å²) in [4.78, 5) is 8.27. The van der Waals surface area contributed by atoms with Gasteiger partial charge in [0.15, 0.2) is 0 Å². The van der Waals surface area contributed by atoms with E-state index in [9.17, 15) is 0 Å². The third-order valence-electron chi connectivity index (χ3n) is 3.52. The van der Waals surface area contributed by atoms with Gasteiger partial charge in [-0.15, -0.1) is 0 Å². The topological polar surface area (TPSA) is 69.6 Å². The summed E-state index contributed by atoms with van der Waals surface area (Å²) in [5, 5.41) is 4.52. The van der Waals surface area contributed by atoms with Crippen molar-refractivity contribution in [3.63, 3.8) is 0 Å². The summed E-state index contributed by atoms with van der Waals surface area (Å²) in [5.74, 6) is 1.12. The van der Waals surface area contributed by atoms with Gasteiger partial charge < -0.3 is 5.73 Å². The molecule has 1 aliphatic rings. The van der Waals surface area contributed by atoms with Crippen LogP contribution in [-0.2, 0) is 6.42 Å². The van der Waals surface area contributed by atoms with E-state index in [1.54, 1.807) is 6.20 Å². The van der Waals surface area contributed by atoms with Crippen LogP contribution in [0, 0.1) is 5.92 Å². The van der Waals surface area contributed by atoms with Crippen molar-refractivity contribution in [3.05, 3.63) is 24.2 Å². The molecule has 5 nitrogen and oxygen atoms in total. The minimum absolute atomic E-state index is 0.312. The number of anilines is 1. The average molecular weight is 257 g/mol. The molecule has 0 amide bonds. The Labute approximate surface area is 112 Å². The first-order valence-electron chi connectivity index (χ1n) is 6.80. The second-order valence-electron chi connectivity index (χ2n) is 5.49. The van der Waals surface area contributed by atoms with Crippen molar-refractivity contribution in [1.82, 2.24) is 19.7 Å². The van der Waals surface area contributed by atoms with E-state index in [-0.39, 0.29) is 0 Å². The first-order chi connectivity index (χ1) is 9.15. The van der Waals surface area contributed by atoms with Crippen molar-refractivity contribution in [3.8, 4) is 11.3 Å². The van der Waals surface area contributed by atoms with Crippen molar-refractivity contribution in [2.75, 3.05) is 5.73 Å². The molecule has 3 rings (SSSR count). The summed E-state index contributed by atoms with van der Waals surface area (Å²) >= 11 is 0. The van der Waals surface area contributed by atoms with Crippen LogP contribution in [0.15, 0.2) is 18.5 Å². The predicted octanol–water partition coefficient (Wildman–Crippen LogP) is 2.46. The number of aromatic nitrogens is 4. The van der Waals surface area contributed by atoms with Crippen LogP contribution in [0.3, 0.4) is 0 Å². The molecule has 1 saturated carbocycles. The van der Waals surface area contributed by atoms with Crippen molar-refractivity contribution in [1.29, 1.82) is 0 Å². The van der Waals surface area contributed by atoms with E-state index in [1.165, 1.54) is 18.5 Å². The highest BCUT2D eigenvalue weighted by Crippen LogP contribution is 2.36. The van der Waals surface area contributed by atoms with E-state index in [4.69, 9.17) is 5.73 Å². The molecule has 1 aliphatic carbocycles. The maximum Gasteiger partial charge on any atom is 0.220 e. The Morgan fingerprint density at radius 2 is 2.21 bits per heavy atom. The second-order valence-corrected chi connectivity index (χ2v) is 5.49. The molecule has 0 unspecified atom stereocenters. The molecule has 19 heavy (non-hydrogen) atoms. The fourth-order valence-corrected chi connectivity index (χ4v) is 2.37. The molecule has 100 valence electrons. The lowest BCUT2D eigenvalue weighted by Crippen LogP contribution is -2.09. The van der Waals surface area contributed by atoms with Crippen LogP contribution in [0.2, 0.25) is 0 Å². The molecule has 2 aromatic rings. The van der Waals surface area contributed by atoms with Gasteiger partial charge in [-0.2, -0.15) is 5.10 Å². The zero-order valence-electron chi connectivity index (χ0n) is 11.4. The van der Waals surface area contributed by atoms with Gasteiger partial charge in [0.25, 0.3) is 0 Å². The molecular formula is C14H19N5. The lowest BCUT2D eigenvalue weighted by atomic mass is 10.1. The third-order valence-corrected chi connectivity index (χ3v) is 3.52. The summed E-state index contributed by atoms with van der Waals surface area (Å²) in [6.45, 7) is 4.31. The Morgan fingerprint density at radius 1 is 1.42 bits per heavy atom. The average Bonchev–Trinajstić information content (AvgIpc) is 3.06. The van der Waals surface area contributed by atoms with Crippen LogP contribution >= 0.6 is 0 Å². The zero-order valence-corrected chi connectivity index (χ0v) is 11.4. The van der Waals surface area contributed by atoms with Crippen LogP contribution in [0.25, 0.3) is 11.3 Å². The Hall–Kier alpha value is -1.91. The van der Waals surface area contributed by atoms with E-state index in [0.717, 1.165) is 23.6 Å². The summed E-state index contributed by atoms with van der Waals surface area (Å²) < 4.78 is 2.10. The first-order valence-corrected chi connectivity index (χ1v) is 6.80. The van der Waals surface area contributed by atoms with Crippen LogP contribution < -0.4 is 5.73 Å². The third kappa shape index (κ3) is 2.45. The molecule has 2 N–H and O–H groups in total. The van der Waals surface area contributed by atoms with Crippen LogP contribution in [0.5, 0.6) is 0 Å². The Bertz CT molecular complexity index is 583. The molecule has 0 atom stereocenters. The summed E-state index contributed by atoms with van der Waals surface area (Å²) in [7, 11) is 0. The monoisotopic (exact) mass is 257 g/mol. The summed E-state index contributed by atoms with van der Waals surface area (Å²) in [6, 6.07) is 2.26. The molecule has 0 radical (unpaired) electrons. The maximum atomic E-state index is 5.68. The molecule has 1 fully saturated rings. The minimum atomic E-state index is 0.312. The van der Waals surface area contributed by atoms with E-state index >= 15 is 0 Å². The summed E-state index contributed by atoms with van der Waals surface area (Å²) in [6.07, 6.45) is 7.34. The highest BCUT2D eigenvalue weighted by Gasteiger charge is 2.26. The minimum Gasteiger partial charge on any atom is -0.368 e. The Kier molecular flexibility index (Phi) is 2.97. The Balaban J connectivity index is 2.04. The number of nitrogens with two attached hydrogens (primary N) is 1. The number of hydrogen-bond acceptors (Lipinski definition) is 4. The molecular weight excluding hydrogens is 238 g/mol. The fourth-order valence-electron chi connectivity index (χ4n) is 2.37. The zero-order chi connectivity index (χ0) is 13.4. The van der Waals surface area contributed by atoms with Crippen LogP contribution in [0.1, 0.15) is 38.4 Å². The van der Waals surface area contributed by atoms with Crippen molar-refractivity contribution in [2.45, 2.75) is 39.2 Å². The van der Waals surface area contributed by atoms with Crippen molar-refractivity contribution >= 4 is 5.95 Å². The summed E-state index contributed by atoms with van der Waals surface area (Å²) in [5.41, 5.74) is 8.91. The smallest absolute Gasteiger partial charge is 0.220 e. The number of rotatable bonds is 4. The predicted molar refractivity (Wildman–Crippen MR) is 74.5 cm³/mol. The van der Waals surface area contributed by atoms with Gasteiger partial charge in [0.05, 0.1) is 11.9 Å². The van der Waals surface area contributed by atoms with E-state index in [2.05, 4.69) is 33.6 Å². The fraction of sp³-hybridized carbons (Fsp3) is 0.500. The van der Waals surface area contributed by atoms with Gasteiger partial charge in [0.1, 0.15) is 0 Å². The van der Waals surface area contributed by atoms with E-state index in [0.29, 0.717) is 12.0 Å². The SMILES string of the molecule is CC(C)n1ncc(-c2ccnc(N)n2)c1CC1CC1. The van der Waals surface area contributed by atoms with Gasteiger partial charge in [0, 0.05) is 23.5 Å². The molecule has 2 heterocycles. The van der Waals surface area contributed by atoms with Gasteiger partial charge >= 0.3 is 0 Å². The van der Waals surface area contributed by atoms with Gasteiger partial charge in [0.2, 0.25) is 5.95 Å². The van der Waals surface area contributed by atoms with Gasteiger partial charge in [-0.05, 0) is 45.1 Å². The normalized spacial score (nSPS) is 15.1. The first kappa shape index (κ1) is 12.1. The highest BCUT2D eigenvalue weighted by atomic mass is 15.3. The maximum absolute atomic E-state index is 5.68. The molecule has 0 aromatic carbocycles. The number of nitrogens with zero attached hydrogens (tertiary/aromatic N) is 4. The highest BCUT2D eigenvalue weighted by molar-refractivity contribution is 5.62. The van der Waals surface area contributed by atoms with Gasteiger partial charge in [-0.25, -0.2) is 9.97 Å². The molecule has 0 spiro atoms. The van der Waals surface area contributed by atoms with E-state index < -0.39 is 0 Å². The number of nitrogen functional groups attached to an aromatic ring is 1. The van der Waals surface area contributed by atoms with Crippen LogP contribution in [-0.4, -0.2) is 19.7 Å². The van der Waals surface area contributed by atoms with Crippen LogP contribution in [0.4, 0.5) is 5.95 Å². The Morgan fingerprint density at radius 3 is 2.84 bits per heavy atom. The van der Waals surface area contributed by atoms with E-state index in [1.807, 2.05) is 12.3 Å².